The fraction of sp³-hybridized carbons (Fsp3) is 0.889. The monoisotopic (exact) mass is 186 g/mol. The molecule has 0 bridgehead atoms. The average molecular weight is 186 g/mol. The highest BCUT2D eigenvalue weighted by Crippen LogP contribution is 2.00. The van der Waals surface area contributed by atoms with Crippen molar-refractivity contribution in [2.24, 2.45) is 0 Å². The molecule has 0 aromatic rings. The fourth-order valence-electron chi connectivity index (χ4n) is 1.45. The van der Waals surface area contributed by atoms with E-state index in [-0.39, 0.29) is 12.0 Å². The Morgan fingerprint density at radius 2 is 2.46 bits per heavy atom. The van der Waals surface area contributed by atoms with Crippen LogP contribution in [0.4, 0.5) is 0 Å². The second-order valence-corrected chi connectivity index (χ2v) is 3.50. The zero-order chi connectivity index (χ0) is 9.68. The summed E-state index contributed by atoms with van der Waals surface area (Å²) in [6.45, 7) is 4.65. The minimum absolute atomic E-state index is 0.0702. The number of β-amino-alcohol motifs (C(OH)–C–C–N with tert-alkyl or cyclic N) is 1. The van der Waals surface area contributed by atoms with E-state index < -0.39 is 0 Å². The van der Waals surface area contributed by atoms with Crippen LogP contribution in [0, 0.1) is 0 Å². The van der Waals surface area contributed by atoms with E-state index in [0.717, 1.165) is 25.9 Å². The third-order valence-electron chi connectivity index (χ3n) is 2.28. The van der Waals surface area contributed by atoms with E-state index in [9.17, 15) is 9.90 Å². The molecular formula is C9H18N2O2. The Morgan fingerprint density at radius 1 is 1.69 bits per heavy atom. The van der Waals surface area contributed by atoms with Crippen LogP contribution in [-0.2, 0) is 4.79 Å². The van der Waals surface area contributed by atoms with Crippen LogP contribution in [-0.4, -0.2) is 48.2 Å². The Bertz CT molecular complexity index is 173. The summed E-state index contributed by atoms with van der Waals surface area (Å²) in [6.07, 6.45) is 1.42. The minimum atomic E-state index is -0.300. The van der Waals surface area contributed by atoms with Crippen molar-refractivity contribution in [2.75, 3.05) is 26.2 Å². The Morgan fingerprint density at radius 3 is 3.15 bits per heavy atom. The van der Waals surface area contributed by atoms with Crippen LogP contribution in [0.2, 0.25) is 0 Å². The zero-order valence-corrected chi connectivity index (χ0v) is 8.12. The molecule has 0 aromatic carbocycles. The normalized spacial score (nSPS) is 22.2. The molecule has 13 heavy (non-hydrogen) atoms. The molecule has 1 fully saturated rings. The van der Waals surface area contributed by atoms with Crippen molar-refractivity contribution in [3.8, 4) is 0 Å². The van der Waals surface area contributed by atoms with E-state index in [1.165, 1.54) is 0 Å². The van der Waals surface area contributed by atoms with Gasteiger partial charge in [0.15, 0.2) is 0 Å². The first kappa shape index (κ1) is 10.5. The van der Waals surface area contributed by atoms with Gasteiger partial charge in [-0.2, -0.15) is 0 Å². The predicted octanol–water partition coefficient (Wildman–Crippen LogP) is -0.421. The van der Waals surface area contributed by atoms with Crippen LogP contribution >= 0.6 is 0 Å². The molecule has 4 heteroatoms. The number of hydrogen-bond acceptors (Lipinski definition) is 3. The number of nitrogens with zero attached hydrogens (tertiary/aromatic N) is 1. The predicted molar refractivity (Wildman–Crippen MR) is 50.4 cm³/mol. The van der Waals surface area contributed by atoms with Crippen molar-refractivity contribution in [2.45, 2.75) is 25.9 Å². The summed E-state index contributed by atoms with van der Waals surface area (Å²) < 4.78 is 0. The average Bonchev–Trinajstić information content (AvgIpc) is 2.30. The van der Waals surface area contributed by atoms with E-state index in [4.69, 9.17) is 0 Å². The molecular weight excluding hydrogens is 168 g/mol. The van der Waals surface area contributed by atoms with Crippen LogP contribution in [0.1, 0.15) is 19.8 Å². The molecule has 2 N–H and O–H groups in total. The number of carbonyl (C=O) groups is 1. The summed E-state index contributed by atoms with van der Waals surface area (Å²) in [5, 5.41) is 12.2. The number of nitrogens with one attached hydrogen (secondary N) is 1. The topological polar surface area (TPSA) is 52.6 Å². The van der Waals surface area contributed by atoms with Crippen molar-refractivity contribution in [3.63, 3.8) is 0 Å². The van der Waals surface area contributed by atoms with Crippen molar-refractivity contribution >= 4 is 5.91 Å². The maximum atomic E-state index is 11.1. The molecule has 1 rings (SSSR count). The van der Waals surface area contributed by atoms with Crippen LogP contribution in [0.3, 0.4) is 0 Å². The summed E-state index contributed by atoms with van der Waals surface area (Å²) in [6, 6.07) is 0. The van der Waals surface area contributed by atoms with Gasteiger partial charge in [0.1, 0.15) is 0 Å². The number of hydrogen-bond donors (Lipinski definition) is 2. The highest BCUT2D eigenvalue weighted by molar-refractivity contribution is 5.78. The van der Waals surface area contributed by atoms with Crippen molar-refractivity contribution in [3.05, 3.63) is 0 Å². The summed E-state index contributed by atoms with van der Waals surface area (Å²) in [4.78, 5) is 13.1. The molecule has 0 saturated carbocycles. The molecule has 1 saturated heterocycles. The SMILES string of the molecule is CCC(O)CN1CCCNC(=O)C1. The molecule has 4 nitrogen and oxygen atoms in total. The van der Waals surface area contributed by atoms with Gasteiger partial charge in [-0.3, -0.25) is 9.69 Å². The first-order valence-electron chi connectivity index (χ1n) is 4.89. The number of aliphatic hydroxyl groups is 1. The Balaban J connectivity index is 2.34. The summed E-state index contributed by atoms with van der Waals surface area (Å²) in [5.74, 6) is 0.0702. The van der Waals surface area contributed by atoms with Gasteiger partial charge in [0, 0.05) is 19.6 Å². The molecule has 1 heterocycles. The van der Waals surface area contributed by atoms with Gasteiger partial charge in [-0.05, 0) is 12.8 Å². The van der Waals surface area contributed by atoms with E-state index in [1.54, 1.807) is 0 Å². The van der Waals surface area contributed by atoms with Crippen molar-refractivity contribution < 1.29 is 9.90 Å². The van der Waals surface area contributed by atoms with Gasteiger partial charge in [-0.1, -0.05) is 6.92 Å². The molecule has 1 atom stereocenters. The summed E-state index contributed by atoms with van der Waals surface area (Å²) >= 11 is 0. The Kier molecular flexibility index (Phi) is 4.18. The van der Waals surface area contributed by atoms with E-state index in [2.05, 4.69) is 5.32 Å². The molecule has 0 radical (unpaired) electrons. The van der Waals surface area contributed by atoms with Crippen LogP contribution in [0.15, 0.2) is 0 Å². The lowest BCUT2D eigenvalue weighted by Gasteiger charge is -2.20. The van der Waals surface area contributed by atoms with Crippen molar-refractivity contribution in [1.29, 1.82) is 0 Å². The fourth-order valence-corrected chi connectivity index (χ4v) is 1.45. The van der Waals surface area contributed by atoms with Gasteiger partial charge in [-0.15, -0.1) is 0 Å². The maximum absolute atomic E-state index is 11.1. The smallest absolute Gasteiger partial charge is 0.234 e. The van der Waals surface area contributed by atoms with Crippen molar-refractivity contribution in [1.82, 2.24) is 10.2 Å². The number of rotatable bonds is 3. The Hall–Kier alpha value is -0.610. The van der Waals surface area contributed by atoms with Crippen LogP contribution in [0.5, 0.6) is 0 Å². The third-order valence-corrected chi connectivity index (χ3v) is 2.28. The summed E-state index contributed by atoms with van der Waals surface area (Å²) in [7, 11) is 0. The molecule has 0 aromatic heterocycles. The highest BCUT2D eigenvalue weighted by Gasteiger charge is 2.16. The van der Waals surface area contributed by atoms with Gasteiger partial charge < -0.3 is 10.4 Å². The Labute approximate surface area is 78.9 Å². The number of aliphatic hydroxyl groups excluding tert-OH is 1. The first-order valence-corrected chi connectivity index (χ1v) is 4.89. The summed E-state index contributed by atoms with van der Waals surface area (Å²) in [5.41, 5.74) is 0. The third kappa shape index (κ3) is 3.74. The van der Waals surface area contributed by atoms with E-state index in [0.29, 0.717) is 13.1 Å². The maximum Gasteiger partial charge on any atom is 0.234 e. The van der Waals surface area contributed by atoms with E-state index >= 15 is 0 Å². The molecule has 1 amide bonds. The van der Waals surface area contributed by atoms with Gasteiger partial charge in [-0.25, -0.2) is 0 Å². The van der Waals surface area contributed by atoms with Gasteiger partial charge in [0.05, 0.1) is 12.6 Å². The molecule has 1 unspecified atom stereocenters. The number of carbonyl (C=O) groups excluding carboxylic acids is 1. The molecule has 1 aliphatic rings. The molecule has 1 aliphatic heterocycles. The standard InChI is InChI=1S/C9H18N2O2/c1-2-8(12)6-11-5-3-4-10-9(13)7-11/h8,12H,2-7H2,1H3,(H,10,13). The van der Waals surface area contributed by atoms with E-state index in [1.807, 2.05) is 11.8 Å². The lowest BCUT2D eigenvalue weighted by atomic mass is 10.2. The first-order chi connectivity index (χ1) is 6.22. The van der Waals surface area contributed by atoms with Gasteiger partial charge >= 0.3 is 0 Å². The zero-order valence-electron chi connectivity index (χ0n) is 8.12. The number of amides is 1. The lowest BCUT2D eigenvalue weighted by molar-refractivity contribution is -0.121. The molecule has 0 spiro atoms. The second-order valence-electron chi connectivity index (χ2n) is 3.50. The quantitative estimate of drug-likeness (QED) is 0.629. The van der Waals surface area contributed by atoms with Crippen LogP contribution in [0.25, 0.3) is 0 Å². The molecule has 0 aliphatic carbocycles. The highest BCUT2D eigenvalue weighted by atomic mass is 16.3. The molecule has 76 valence electrons. The lowest BCUT2D eigenvalue weighted by Crippen LogP contribution is -2.37. The minimum Gasteiger partial charge on any atom is -0.392 e. The van der Waals surface area contributed by atoms with Gasteiger partial charge in [0.2, 0.25) is 5.91 Å². The second kappa shape index (κ2) is 5.19. The van der Waals surface area contributed by atoms with Crippen LogP contribution < -0.4 is 5.32 Å². The largest absolute Gasteiger partial charge is 0.392 e. The van der Waals surface area contributed by atoms with Gasteiger partial charge in [0.25, 0.3) is 0 Å².